The van der Waals surface area contributed by atoms with E-state index in [9.17, 15) is 14.7 Å². The van der Waals surface area contributed by atoms with Gasteiger partial charge in [0.1, 0.15) is 0 Å². The topological polar surface area (TPSA) is 82.1 Å². The molecule has 1 aromatic rings. The molecule has 3 amide bonds. The first kappa shape index (κ1) is 17.3. The molecule has 0 bridgehead atoms. The van der Waals surface area contributed by atoms with Crippen molar-refractivity contribution in [3.05, 3.63) is 29.3 Å². The van der Waals surface area contributed by atoms with Crippen LogP contribution < -0.4 is 10.2 Å². The van der Waals surface area contributed by atoms with Crippen LogP contribution in [0.5, 0.6) is 0 Å². The van der Waals surface area contributed by atoms with E-state index in [-0.39, 0.29) is 36.6 Å². The van der Waals surface area contributed by atoms with Gasteiger partial charge in [0.2, 0.25) is 0 Å². The molecule has 0 unspecified atom stereocenters. The van der Waals surface area contributed by atoms with Crippen molar-refractivity contribution in [2.75, 3.05) is 37.7 Å². The maximum atomic E-state index is 13.2. The van der Waals surface area contributed by atoms with Crippen LogP contribution in [0.25, 0.3) is 0 Å². The number of aliphatic hydroxyl groups excluding tert-OH is 1. The average Bonchev–Trinajstić information content (AvgIpc) is 3.27. The van der Waals surface area contributed by atoms with Crippen LogP contribution in [0.4, 0.5) is 10.5 Å². The number of anilines is 1. The molecule has 7 heteroatoms. The number of amides is 3. The van der Waals surface area contributed by atoms with Gasteiger partial charge in [0.05, 0.1) is 18.8 Å². The predicted octanol–water partition coefficient (Wildman–Crippen LogP) is 1.14. The first-order valence-corrected chi connectivity index (χ1v) is 9.28. The van der Waals surface area contributed by atoms with Crippen molar-refractivity contribution in [3.8, 4) is 0 Å². The molecule has 4 rings (SSSR count). The minimum atomic E-state index is -0.120. The zero-order valence-electron chi connectivity index (χ0n) is 15.0. The second-order valence-corrected chi connectivity index (χ2v) is 7.38. The summed E-state index contributed by atoms with van der Waals surface area (Å²) in [7, 11) is 0. The zero-order valence-corrected chi connectivity index (χ0v) is 15.0. The Labute approximate surface area is 152 Å². The molecule has 1 saturated carbocycles. The quantitative estimate of drug-likeness (QED) is 0.848. The second-order valence-electron chi connectivity index (χ2n) is 7.38. The lowest BCUT2D eigenvalue weighted by Crippen LogP contribution is -2.51. The van der Waals surface area contributed by atoms with E-state index in [1.165, 1.54) is 0 Å². The van der Waals surface area contributed by atoms with Gasteiger partial charge in [-0.2, -0.15) is 0 Å². The SMILES string of the molecule is Cc1ccc(C(=O)N2CCO[C@H]3C[C@H](CO)C[C@@H]32)cc1N1CCNC1=O. The Bertz CT molecular complexity index is 723. The maximum absolute atomic E-state index is 13.2. The molecule has 2 heterocycles. The highest BCUT2D eigenvalue weighted by Crippen LogP contribution is 2.35. The van der Waals surface area contributed by atoms with E-state index in [2.05, 4.69) is 5.32 Å². The molecule has 26 heavy (non-hydrogen) atoms. The number of hydrogen-bond acceptors (Lipinski definition) is 4. The Hall–Kier alpha value is -2.12. The number of hydrogen-bond donors (Lipinski definition) is 2. The highest BCUT2D eigenvalue weighted by Gasteiger charge is 2.42. The van der Waals surface area contributed by atoms with E-state index in [4.69, 9.17) is 4.74 Å². The lowest BCUT2D eigenvalue weighted by molar-refractivity contribution is -0.0448. The molecule has 2 N–H and O–H groups in total. The number of nitrogens with one attached hydrogen (secondary N) is 1. The van der Waals surface area contributed by atoms with Gasteiger partial charge in [0.25, 0.3) is 5.91 Å². The van der Waals surface area contributed by atoms with Gasteiger partial charge < -0.3 is 20.1 Å². The normalized spacial score (nSPS) is 28.2. The van der Waals surface area contributed by atoms with Crippen LogP contribution in [0.2, 0.25) is 0 Å². The van der Waals surface area contributed by atoms with Crippen LogP contribution in [-0.2, 0) is 4.74 Å². The Balaban J connectivity index is 1.59. The summed E-state index contributed by atoms with van der Waals surface area (Å²) in [4.78, 5) is 28.8. The van der Waals surface area contributed by atoms with E-state index in [0.29, 0.717) is 31.8 Å². The van der Waals surface area contributed by atoms with Crippen molar-refractivity contribution in [2.45, 2.75) is 31.9 Å². The second kappa shape index (κ2) is 6.89. The van der Waals surface area contributed by atoms with Crippen molar-refractivity contribution in [2.24, 2.45) is 5.92 Å². The van der Waals surface area contributed by atoms with Crippen LogP contribution in [0.3, 0.4) is 0 Å². The van der Waals surface area contributed by atoms with Gasteiger partial charge in [-0.05, 0) is 43.4 Å². The first-order chi connectivity index (χ1) is 12.6. The van der Waals surface area contributed by atoms with Gasteiger partial charge in [-0.1, -0.05) is 6.07 Å². The number of carbonyl (C=O) groups excluding carboxylic acids is 2. The summed E-state index contributed by atoms with van der Waals surface area (Å²) in [5.41, 5.74) is 2.35. The van der Waals surface area contributed by atoms with Gasteiger partial charge in [-0.3, -0.25) is 9.69 Å². The molecule has 0 aromatic heterocycles. The van der Waals surface area contributed by atoms with Crippen LogP contribution in [0, 0.1) is 12.8 Å². The van der Waals surface area contributed by atoms with Crippen molar-refractivity contribution >= 4 is 17.6 Å². The third kappa shape index (κ3) is 2.95. The highest BCUT2D eigenvalue weighted by molar-refractivity contribution is 5.99. The van der Waals surface area contributed by atoms with E-state index in [1.807, 2.05) is 30.0 Å². The number of benzene rings is 1. The number of aliphatic hydroxyl groups is 1. The minimum Gasteiger partial charge on any atom is -0.396 e. The van der Waals surface area contributed by atoms with E-state index >= 15 is 0 Å². The number of fused-ring (bicyclic) bond motifs is 1. The summed E-state index contributed by atoms with van der Waals surface area (Å²) in [6.07, 6.45) is 1.59. The lowest BCUT2D eigenvalue weighted by Gasteiger charge is -2.37. The molecule has 1 aromatic carbocycles. The van der Waals surface area contributed by atoms with Crippen LogP contribution >= 0.6 is 0 Å². The molecule has 0 radical (unpaired) electrons. The summed E-state index contributed by atoms with van der Waals surface area (Å²) in [6, 6.07) is 5.46. The molecule has 7 nitrogen and oxygen atoms in total. The minimum absolute atomic E-state index is 0.0131. The van der Waals surface area contributed by atoms with E-state index < -0.39 is 0 Å². The third-order valence-electron chi connectivity index (χ3n) is 5.76. The number of urea groups is 1. The highest BCUT2D eigenvalue weighted by atomic mass is 16.5. The standard InChI is InChI=1S/C19H25N3O4/c1-12-2-3-14(10-15(12)22-5-4-20-19(22)25)18(24)21-6-7-26-17-9-13(11-23)8-16(17)21/h2-3,10,13,16-17,23H,4-9,11H2,1H3,(H,20,25)/t13-,16+,17+/m1/s1. The maximum Gasteiger partial charge on any atom is 0.322 e. The molecular formula is C19H25N3O4. The summed E-state index contributed by atoms with van der Waals surface area (Å²) in [5, 5.41) is 12.3. The third-order valence-corrected chi connectivity index (χ3v) is 5.76. The smallest absolute Gasteiger partial charge is 0.322 e. The summed E-state index contributed by atoms with van der Waals surface area (Å²) in [6.45, 7) is 4.40. The van der Waals surface area contributed by atoms with Gasteiger partial charge in [0.15, 0.2) is 0 Å². The molecule has 3 fully saturated rings. The molecule has 0 spiro atoms. The molecular weight excluding hydrogens is 334 g/mol. The molecule has 3 atom stereocenters. The number of aryl methyl sites for hydroxylation is 1. The Morgan fingerprint density at radius 1 is 1.35 bits per heavy atom. The fourth-order valence-corrected chi connectivity index (χ4v) is 4.35. The molecule has 2 aliphatic heterocycles. The van der Waals surface area contributed by atoms with Crippen molar-refractivity contribution in [1.82, 2.24) is 10.2 Å². The molecule has 2 saturated heterocycles. The number of ether oxygens (including phenoxy) is 1. The van der Waals surface area contributed by atoms with Crippen molar-refractivity contribution in [1.29, 1.82) is 0 Å². The largest absolute Gasteiger partial charge is 0.396 e. The summed E-state index contributed by atoms with van der Waals surface area (Å²) >= 11 is 0. The molecule has 140 valence electrons. The van der Waals surface area contributed by atoms with Gasteiger partial charge in [0, 0.05) is 37.5 Å². The van der Waals surface area contributed by atoms with E-state index in [0.717, 1.165) is 24.1 Å². The Kier molecular flexibility index (Phi) is 4.58. The van der Waals surface area contributed by atoms with E-state index in [1.54, 1.807) is 4.90 Å². The fraction of sp³-hybridized carbons (Fsp3) is 0.579. The number of morpholine rings is 1. The number of carbonyl (C=O) groups is 2. The molecule has 3 aliphatic rings. The zero-order chi connectivity index (χ0) is 18.3. The summed E-state index contributed by atoms with van der Waals surface area (Å²) in [5.74, 6) is 0.169. The Morgan fingerprint density at radius 2 is 2.19 bits per heavy atom. The monoisotopic (exact) mass is 359 g/mol. The van der Waals surface area contributed by atoms with Gasteiger partial charge in [-0.15, -0.1) is 0 Å². The van der Waals surface area contributed by atoms with Crippen molar-refractivity contribution in [3.63, 3.8) is 0 Å². The first-order valence-electron chi connectivity index (χ1n) is 9.28. The van der Waals surface area contributed by atoms with Crippen LogP contribution in [0.15, 0.2) is 18.2 Å². The molecule has 1 aliphatic carbocycles. The lowest BCUT2D eigenvalue weighted by atomic mass is 10.0. The Morgan fingerprint density at radius 3 is 2.92 bits per heavy atom. The fourth-order valence-electron chi connectivity index (χ4n) is 4.35. The van der Waals surface area contributed by atoms with Gasteiger partial charge in [-0.25, -0.2) is 4.79 Å². The van der Waals surface area contributed by atoms with Crippen LogP contribution in [0.1, 0.15) is 28.8 Å². The van der Waals surface area contributed by atoms with Crippen molar-refractivity contribution < 1.29 is 19.4 Å². The van der Waals surface area contributed by atoms with Gasteiger partial charge >= 0.3 is 6.03 Å². The number of rotatable bonds is 3. The summed E-state index contributed by atoms with van der Waals surface area (Å²) < 4.78 is 5.82. The average molecular weight is 359 g/mol. The predicted molar refractivity (Wildman–Crippen MR) is 96.3 cm³/mol. The van der Waals surface area contributed by atoms with Crippen LogP contribution in [-0.4, -0.2) is 66.9 Å². The number of nitrogens with zero attached hydrogens (tertiary/aromatic N) is 2.